The molecule has 0 saturated heterocycles. The molecule has 0 saturated carbocycles. The minimum atomic E-state index is -4.57. The smallest absolute Gasteiger partial charge is 0.268 e. The number of likely N-dealkylation sites (N-methyl/N-ethyl adjacent to an activating group) is 1. The number of hydrogen-bond acceptors (Lipinski definition) is 6. The Labute approximate surface area is 309 Å². The number of quaternary nitrogens is 1. The van der Waals surface area contributed by atoms with Gasteiger partial charge in [-0.05, 0) is 64.2 Å². The van der Waals surface area contributed by atoms with Crippen molar-refractivity contribution in [2.75, 3.05) is 40.9 Å². The molecule has 0 aliphatic carbocycles. The van der Waals surface area contributed by atoms with Crippen LogP contribution in [0.5, 0.6) is 0 Å². The fourth-order valence-corrected chi connectivity index (χ4v) is 6.51. The Hall–Kier alpha value is -1.02. The quantitative estimate of drug-likeness (QED) is 0.0285. The van der Waals surface area contributed by atoms with Crippen molar-refractivity contribution in [2.45, 2.75) is 193 Å². The van der Waals surface area contributed by atoms with Gasteiger partial charge in [-0.2, -0.15) is 0 Å². The number of hydrogen-bond donors (Lipinski definition) is 2. The first-order valence-electron chi connectivity index (χ1n) is 20.7. The topological polar surface area (TPSA) is 108 Å². The Balaban J connectivity index is 4.48. The van der Waals surface area contributed by atoms with E-state index in [-0.39, 0.29) is 19.1 Å². The summed E-state index contributed by atoms with van der Waals surface area (Å²) in [6, 6.07) is -0.817. The summed E-state index contributed by atoms with van der Waals surface area (Å²) in [5.41, 5.74) is 0. The van der Waals surface area contributed by atoms with Crippen LogP contribution in [0.3, 0.4) is 0 Å². The molecule has 0 aromatic carbocycles. The van der Waals surface area contributed by atoms with Gasteiger partial charge in [0.1, 0.15) is 13.2 Å². The minimum Gasteiger partial charge on any atom is -0.756 e. The molecule has 0 rings (SSSR count). The van der Waals surface area contributed by atoms with Crippen LogP contribution in [0, 0.1) is 0 Å². The summed E-state index contributed by atoms with van der Waals surface area (Å²) in [6.07, 6.45) is 37.5. The lowest BCUT2D eigenvalue weighted by Gasteiger charge is -2.30. The van der Waals surface area contributed by atoms with Crippen molar-refractivity contribution in [2.24, 2.45) is 0 Å². The van der Waals surface area contributed by atoms with Crippen LogP contribution in [0.25, 0.3) is 0 Å². The van der Waals surface area contributed by atoms with E-state index in [0.29, 0.717) is 23.9 Å². The molecule has 0 spiro atoms. The molecule has 1 amide bonds. The number of unbranched alkanes of at least 4 members (excludes halogenated alkanes) is 20. The zero-order chi connectivity index (χ0) is 37.2. The van der Waals surface area contributed by atoms with E-state index >= 15 is 0 Å². The van der Waals surface area contributed by atoms with Crippen molar-refractivity contribution in [3.8, 4) is 0 Å². The van der Waals surface area contributed by atoms with Crippen LogP contribution in [0.4, 0.5) is 0 Å². The summed E-state index contributed by atoms with van der Waals surface area (Å²) >= 11 is 0. The minimum absolute atomic E-state index is 0.00579. The summed E-state index contributed by atoms with van der Waals surface area (Å²) in [7, 11) is 1.28. The fourth-order valence-electron chi connectivity index (χ4n) is 5.79. The molecule has 1 unspecified atom stereocenters. The van der Waals surface area contributed by atoms with Gasteiger partial charge in [-0.25, -0.2) is 0 Å². The molecular weight excluding hydrogens is 647 g/mol. The average Bonchev–Trinajstić information content (AvgIpc) is 3.06. The van der Waals surface area contributed by atoms with E-state index in [4.69, 9.17) is 9.05 Å². The van der Waals surface area contributed by atoms with Crippen molar-refractivity contribution < 1.29 is 32.9 Å². The van der Waals surface area contributed by atoms with Gasteiger partial charge in [-0.15, -0.1) is 0 Å². The second kappa shape index (κ2) is 33.8. The molecule has 0 heterocycles. The first-order valence-corrected chi connectivity index (χ1v) is 22.1. The molecule has 0 bridgehead atoms. The van der Waals surface area contributed by atoms with Gasteiger partial charge < -0.3 is 28.8 Å². The van der Waals surface area contributed by atoms with Crippen LogP contribution in [-0.2, 0) is 18.4 Å². The van der Waals surface area contributed by atoms with Crippen LogP contribution in [0.15, 0.2) is 24.3 Å². The monoisotopic (exact) mass is 729 g/mol. The molecule has 9 heteroatoms. The Morgan fingerprint density at radius 2 is 1.10 bits per heavy atom. The summed E-state index contributed by atoms with van der Waals surface area (Å²) in [5, 5.41) is 13.8. The van der Waals surface area contributed by atoms with Gasteiger partial charge in [0.25, 0.3) is 7.82 Å². The molecule has 8 nitrogen and oxygen atoms in total. The Morgan fingerprint density at radius 3 is 1.56 bits per heavy atom. The highest BCUT2D eigenvalue weighted by molar-refractivity contribution is 7.45. The fraction of sp³-hybridized carbons (Fsp3) is 0.878. The molecule has 50 heavy (non-hydrogen) atoms. The summed E-state index contributed by atoms with van der Waals surface area (Å²) in [4.78, 5) is 25.2. The first kappa shape index (κ1) is 49.0. The average molecular weight is 729 g/mol. The maximum Gasteiger partial charge on any atom is 0.268 e. The van der Waals surface area contributed by atoms with Gasteiger partial charge in [0, 0.05) is 6.42 Å². The lowest BCUT2D eigenvalue weighted by atomic mass is 10.0. The number of allylic oxidation sites excluding steroid dienone is 4. The normalized spacial score (nSPS) is 14.8. The lowest BCUT2D eigenvalue weighted by molar-refractivity contribution is -0.870. The molecule has 2 N–H and O–H groups in total. The van der Waals surface area contributed by atoms with E-state index < -0.39 is 20.0 Å². The second-order valence-corrected chi connectivity index (χ2v) is 16.7. The number of rotatable bonds is 37. The largest absolute Gasteiger partial charge is 0.756 e. The maximum absolute atomic E-state index is 12.8. The van der Waals surface area contributed by atoms with Crippen LogP contribution < -0.4 is 10.2 Å². The number of nitrogens with zero attached hydrogens (tertiary/aromatic N) is 1. The number of carbonyl (C=O) groups is 1. The highest BCUT2D eigenvalue weighted by Crippen LogP contribution is 2.38. The number of phosphoric acid groups is 1. The van der Waals surface area contributed by atoms with Crippen molar-refractivity contribution in [3.63, 3.8) is 0 Å². The molecule has 0 radical (unpaired) electrons. The highest BCUT2D eigenvalue weighted by Gasteiger charge is 2.24. The molecule has 3 atom stereocenters. The Morgan fingerprint density at radius 1 is 0.680 bits per heavy atom. The zero-order valence-electron chi connectivity index (χ0n) is 33.4. The van der Waals surface area contributed by atoms with Gasteiger partial charge in [0.2, 0.25) is 5.91 Å². The lowest BCUT2D eigenvalue weighted by Crippen LogP contribution is -2.46. The van der Waals surface area contributed by atoms with Crippen LogP contribution in [-0.4, -0.2) is 68.5 Å². The zero-order valence-corrected chi connectivity index (χ0v) is 34.2. The van der Waals surface area contributed by atoms with Crippen LogP contribution >= 0.6 is 7.82 Å². The van der Waals surface area contributed by atoms with Gasteiger partial charge >= 0.3 is 0 Å². The number of phosphoric ester groups is 1. The number of aliphatic hydroxyl groups is 1. The Bertz CT molecular complexity index is 876. The summed E-state index contributed by atoms with van der Waals surface area (Å²) in [5.74, 6) is -0.185. The van der Waals surface area contributed by atoms with E-state index in [1.165, 1.54) is 96.3 Å². The Kier molecular flexibility index (Phi) is 33.1. The standard InChI is InChI=1S/C41H81N2O6P/c1-6-8-10-12-14-16-18-20-22-24-26-28-30-32-34-40(44)39(38-49-50(46,47)48-37-36-43(3,4)5)42-41(45)35-33-31-29-27-25-23-21-19-17-15-13-11-9-7-2/h19,21,24,26,39-40,44H,6-18,20,22-23,25,27-38H2,1-5H3,(H-,42,45,46,47)/b21-19+,26-24+/t39-,40+/m0/s1. The number of nitrogens with one attached hydrogen (secondary N) is 1. The molecular formula is C41H81N2O6P. The van der Waals surface area contributed by atoms with Crippen molar-refractivity contribution in [1.29, 1.82) is 0 Å². The van der Waals surface area contributed by atoms with E-state index in [1.54, 1.807) is 0 Å². The van der Waals surface area contributed by atoms with Crippen molar-refractivity contribution in [1.82, 2.24) is 5.32 Å². The van der Waals surface area contributed by atoms with E-state index in [2.05, 4.69) is 43.5 Å². The third-order valence-corrected chi connectivity index (χ3v) is 10.1. The second-order valence-electron chi connectivity index (χ2n) is 15.3. The molecule has 0 aliphatic rings. The van der Waals surface area contributed by atoms with E-state index in [0.717, 1.165) is 57.8 Å². The predicted octanol–water partition coefficient (Wildman–Crippen LogP) is 10.3. The third-order valence-electron chi connectivity index (χ3n) is 9.16. The number of amides is 1. The van der Waals surface area contributed by atoms with Gasteiger partial charge in [-0.1, -0.05) is 134 Å². The predicted molar refractivity (Wildman–Crippen MR) is 210 cm³/mol. The number of carbonyl (C=O) groups excluding carboxylic acids is 1. The van der Waals surface area contributed by atoms with Gasteiger partial charge in [0.15, 0.2) is 0 Å². The van der Waals surface area contributed by atoms with Crippen molar-refractivity contribution in [3.05, 3.63) is 24.3 Å². The van der Waals surface area contributed by atoms with Gasteiger partial charge in [-0.3, -0.25) is 9.36 Å². The first-order chi connectivity index (χ1) is 24.0. The molecule has 0 aromatic rings. The third kappa shape index (κ3) is 35.4. The molecule has 0 aromatic heterocycles. The highest BCUT2D eigenvalue weighted by atomic mass is 31.2. The summed E-state index contributed by atoms with van der Waals surface area (Å²) in [6.45, 7) is 4.66. The van der Waals surface area contributed by atoms with E-state index in [9.17, 15) is 19.4 Å². The maximum atomic E-state index is 12.8. The number of aliphatic hydroxyl groups excluding tert-OH is 1. The molecule has 0 aliphatic heterocycles. The van der Waals surface area contributed by atoms with Crippen molar-refractivity contribution >= 4 is 13.7 Å². The van der Waals surface area contributed by atoms with Crippen LogP contribution in [0.2, 0.25) is 0 Å². The molecule has 296 valence electrons. The SMILES string of the molecule is CCCCCCC/C=C/CCCCCCCC(=O)N[C@@H](COP(=O)([O-])OCC[N+](C)(C)C)[C@H](O)CCCC/C=C/CCCCCCCCCC. The van der Waals surface area contributed by atoms with E-state index in [1.807, 2.05) is 21.1 Å². The van der Waals surface area contributed by atoms with Gasteiger partial charge in [0.05, 0.1) is 39.9 Å². The summed E-state index contributed by atoms with van der Waals surface area (Å²) < 4.78 is 23.2. The van der Waals surface area contributed by atoms with Crippen LogP contribution in [0.1, 0.15) is 181 Å². The molecule has 0 fully saturated rings.